The van der Waals surface area contributed by atoms with E-state index < -0.39 is 0 Å². The van der Waals surface area contributed by atoms with E-state index in [-0.39, 0.29) is 0 Å². The molecule has 0 amide bonds. The third-order valence-corrected chi connectivity index (χ3v) is 2.48. The molecule has 1 aliphatic rings. The van der Waals surface area contributed by atoms with Crippen LogP contribution in [0.4, 0.5) is 5.95 Å². The van der Waals surface area contributed by atoms with E-state index in [9.17, 15) is 0 Å². The van der Waals surface area contributed by atoms with Crippen molar-refractivity contribution in [1.29, 1.82) is 0 Å². The Labute approximate surface area is 90.1 Å². The van der Waals surface area contributed by atoms with Gasteiger partial charge in [0.2, 0.25) is 5.95 Å². The summed E-state index contributed by atoms with van der Waals surface area (Å²) in [4.78, 5) is 8.70. The summed E-state index contributed by atoms with van der Waals surface area (Å²) in [7, 11) is 0. The number of hydrogen-bond acceptors (Lipinski definition) is 4. The number of ether oxygens (including phenoxy) is 1. The van der Waals surface area contributed by atoms with Crippen molar-refractivity contribution in [3.8, 4) is 0 Å². The molecule has 1 fully saturated rings. The Balaban J connectivity index is 2.02. The van der Waals surface area contributed by atoms with Crippen molar-refractivity contribution < 1.29 is 4.74 Å². The molecule has 0 aliphatic carbocycles. The first-order valence-corrected chi connectivity index (χ1v) is 5.40. The Morgan fingerprint density at radius 3 is 2.67 bits per heavy atom. The zero-order valence-corrected chi connectivity index (χ0v) is 9.29. The van der Waals surface area contributed by atoms with Crippen LogP contribution in [0.2, 0.25) is 0 Å². The average Bonchev–Trinajstić information content (AvgIpc) is 2.17. The molecule has 1 N–H and O–H groups in total. The number of aryl methyl sites for hydroxylation is 2. The second-order valence-electron chi connectivity index (χ2n) is 4.03. The van der Waals surface area contributed by atoms with E-state index in [1.165, 1.54) is 0 Å². The van der Waals surface area contributed by atoms with Crippen molar-refractivity contribution in [2.75, 3.05) is 18.5 Å². The maximum absolute atomic E-state index is 5.40. The summed E-state index contributed by atoms with van der Waals surface area (Å²) in [5.74, 6) is 0.725. The summed E-state index contributed by atoms with van der Waals surface area (Å²) < 4.78 is 5.40. The molecule has 2 rings (SSSR count). The van der Waals surface area contributed by atoms with Gasteiger partial charge in [-0.15, -0.1) is 0 Å². The fourth-order valence-electron chi connectivity index (χ4n) is 1.83. The lowest BCUT2D eigenvalue weighted by molar-refractivity contribution is 0.0874. The van der Waals surface area contributed by atoms with Crippen LogP contribution >= 0.6 is 0 Å². The third kappa shape index (κ3) is 2.89. The minimum Gasteiger partial charge on any atom is -0.379 e. The summed E-state index contributed by atoms with van der Waals surface area (Å²) in [6.45, 7) is 5.61. The SMILES string of the molecule is Cc1cc(C)nc(NC2CCCOC2)n1. The predicted molar refractivity (Wildman–Crippen MR) is 59.0 cm³/mol. The molecule has 1 unspecified atom stereocenters. The summed E-state index contributed by atoms with van der Waals surface area (Å²) in [6.07, 6.45) is 2.25. The Hall–Kier alpha value is -1.16. The van der Waals surface area contributed by atoms with Crippen molar-refractivity contribution in [1.82, 2.24) is 9.97 Å². The summed E-state index contributed by atoms with van der Waals surface area (Å²) in [5, 5.41) is 3.32. The first-order chi connectivity index (χ1) is 7.24. The van der Waals surface area contributed by atoms with Gasteiger partial charge in [-0.3, -0.25) is 0 Å². The van der Waals surface area contributed by atoms with Crippen molar-refractivity contribution in [3.63, 3.8) is 0 Å². The quantitative estimate of drug-likeness (QED) is 0.801. The van der Waals surface area contributed by atoms with Crippen molar-refractivity contribution in [2.45, 2.75) is 32.7 Å². The summed E-state index contributed by atoms with van der Waals surface area (Å²) in [6, 6.07) is 2.34. The maximum Gasteiger partial charge on any atom is 0.223 e. The van der Waals surface area contributed by atoms with Crippen LogP contribution in [0.15, 0.2) is 6.07 Å². The van der Waals surface area contributed by atoms with E-state index >= 15 is 0 Å². The predicted octanol–water partition coefficient (Wildman–Crippen LogP) is 1.68. The maximum atomic E-state index is 5.40. The molecule has 0 bridgehead atoms. The normalized spacial score (nSPS) is 21.3. The topological polar surface area (TPSA) is 47.0 Å². The monoisotopic (exact) mass is 207 g/mol. The largest absolute Gasteiger partial charge is 0.379 e. The molecule has 1 atom stereocenters. The van der Waals surface area contributed by atoms with Gasteiger partial charge in [-0.1, -0.05) is 0 Å². The molecule has 4 nitrogen and oxygen atoms in total. The van der Waals surface area contributed by atoms with Crippen LogP contribution in [0.5, 0.6) is 0 Å². The van der Waals surface area contributed by atoms with Gasteiger partial charge in [0.15, 0.2) is 0 Å². The lowest BCUT2D eigenvalue weighted by Gasteiger charge is -2.23. The second kappa shape index (κ2) is 4.57. The van der Waals surface area contributed by atoms with Gasteiger partial charge in [-0.2, -0.15) is 0 Å². The molecule has 0 aromatic carbocycles. The van der Waals surface area contributed by atoms with Crippen LogP contribution in [0.3, 0.4) is 0 Å². The van der Waals surface area contributed by atoms with Crippen molar-refractivity contribution in [2.24, 2.45) is 0 Å². The molecule has 4 heteroatoms. The fraction of sp³-hybridized carbons (Fsp3) is 0.636. The minimum atomic E-state index is 0.361. The number of nitrogens with zero attached hydrogens (tertiary/aromatic N) is 2. The number of hydrogen-bond donors (Lipinski definition) is 1. The second-order valence-corrected chi connectivity index (χ2v) is 4.03. The molecular formula is C11H17N3O. The van der Waals surface area contributed by atoms with Gasteiger partial charge in [0, 0.05) is 18.0 Å². The Kier molecular flexibility index (Phi) is 3.16. The number of nitrogens with one attached hydrogen (secondary N) is 1. The highest BCUT2D eigenvalue weighted by Crippen LogP contribution is 2.11. The van der Waals surface area contributed by atoms with Gasteiger partial charge in [-0.05, 0) is 32.8 Å². The molecule has 15 heavy (non-hydrogen) atoms. The van der Waals surface area contributed by atoms with Crippen LogP contribution < -0.4 is 5.32 Å². The molecule has 1 aromatic heterocycles. The molecule has 1 saturated heterocycles. The van der Waals surface area contributed by atoms with Crippen molar-refractivity contribution in [3.05, 3.63) is 17.5 Å². The van der Waals surface area contributed by atoms with Gasteiger partial charge in [0.25, 0.3) is 0 Å². The van der Waals surface area contributed by atoms with Gasteiger partial charge in [0.05, 0.1) is 12.6 Å². The Bertz CT molecular complexity index is 314. The van der Waals surface area contributed by atoms with Crippen LogP contribution in [-0.4, -0.2) is 29.2 Å². The highest BCUT2D eigenvalue weighted by Gasteiger charge is 2.14. The lowest BCUT2D eigenvalue weighted by atomic mass is 10.1. The number of rotatable bonds is 2. The lowest BCUT2D eigenvalue weighted by Crippen LogP contribution is -2.30. The van der Waals surface area contributed by atoms with E-state index in [0.717, 1.165) is 43.4 Å². The number of anilines is 1. The van der Waals surface area contributed by atoms with Crippen LogP contribution in [0.1, 0.15) is 24.2 Å². The van der Waals surface area contributed by atoms with Gasteiger partial charge >= 0.3 is 0 Å². The van der Waals surface area contributed by atoms with E-state index in [2.05, 4.69) is 15.3 Å². The van der Waals surface area contributed by atoms with Crippen LogP contribution in [-0.2, 0) is 4.74 Å². The van der Waals surface area contributed by atoms with E-state index in [0.29, 0.717) is 6.04 Å². The molecule has 0 radical (unpaired) electrons. The molecular weight excluding hydrogens is 190 g/mol. The summed E-state index contributed by atoms with van der Waals surface area (Å²) in [5.41, 5.74) is 2.00. The Morgan fingerprint density at radius 2 is 2.07 bits per heavy atom. The molecule has 82 valence electrons. The number of aromatic nitrogens is 2. The molecule has 2 heterocycles. The van der Waals surface area contributed by atoms with Gasteiger partial charge in [-0.25, -0.2) is 9.97 Å². The standard InChI is InChI=1S/C11H17N3O/c1-8-6-9(2)13-11(12-8)14-10-4-3-5-15-7-10/h6,10H,3-5,7H2,1-2H3,(H,12,13,14). The van der Waals surface area contributed by atoms with Crippen LogP contribution in [0.25, 0.3) is 0 Å². The zero-order chi connectivity index (χ0) is 10.7. The molecule has 0 saturated carbocycles. The smallest absolute Gasteiger partial charge is 0.223 e. The first-order valence-electron chi connectivity index (χ1n) is 5.40. The molecule has 0 spiro atoms. The molecule has 1 aliphatic heterocycles. The van der Waals surface area contributed by atoms with E-state index in [1.54, 1.807) is 0 Å². The summed E-state index contributed by atoms with van der Waals surface area (Å²) >= 11 is 0. The first kappa shape index (κ1) is 10.4. The van der Waals surface area contributed by atoms with Gasteiger partial charge < -0.3 is 10.1 Å². The Morgan fingerprint density at radius 1 is 1.33 bits per heavy atom. The average molecular weight is 207 g/mol. The molecule has 1 aromatic rings. The van der Waals surface area contributed by atoms with Crippen LogP contribution in [0, 0.1) is 13.8 Å². The van der Waals surface area contributed by atoms with E-state index in [1.807, 2.05) is 19.9 Å². The highest BCUT2D eigenvalue weighted by atomic mass is 16.5. The van der Waals surface area contributed by atoms with Gasteiger partial charge in [0.1, 0.15) is 0 Å². The fourth-order valence-corrected chi connectivity index (χ4v) is 1.83. The highest BCUT2D eigenvalue weighted by molar-refractivity contribution is 5.29. The third-order valence-electron chi connectivity index (χ3n) is 2.48. The van der Waals surface area contributed by atoms with E-state index in [4.69, 9.17) is 4.74 Å². The van der Waals surface area contributed by atoms with Crippen molar-refractivity contribution >= 4 is 5.95 Å². The minimum absolute atomic E-state index is 0.361. The zero-order valence-electron chi connectivity index (χ0n) is 9.29.